The SMILES string of the molecule is COc1ccccc1NC(=O)/C(=C\c1ccccc1)NC(=O)C(C)(C)C. The van der Waals surface area contributed by atoms with E-state index in [1.165, 1.54) is 7.11 Å². The summed E-state index contributed by atoms with van der Waals surface area (Å²) in [6.45, 7) is 5.38. The van der Waals surface area contributed by atoms with Crippen molar-refractivity contribution < 1.29 is 14.3 Å². The molecule has 0 unspecified atom stereocenters. The van der Waals surface area contributed by atoms with E-state index < -0.39 is 11.3 Å². The average molecular weight is 352 g/mol. The van der Waals surface area contributed by atoms with Crippen LogP contribution < -0.4 is 15.4 Å². The van der Waals surface area contributed by atoms with Gasteiger partial charge in [0.05, 0.1) is 12.8 Å². The van der Waals surface area contributed by atoms with Gasteiger partial charge in [0.15, 0.2) is 0 Å². The molecule has 2 rings (SSSR count). The Morgan fingerprint density at radius 2 is 1.58 bits per heavy atom. The fourth-order valence-corrected chi connectivity index (χ4v) is 2.12. The summed E-state index contributed by atoms with van der Waals surface area (Å²) in [5, 5.41) is 5.52. The normalized spacial score (nSPS) is 11.6. The van der Waals surface area contributed by atoms with Crippen LogP contribution in [-0.2, 0) is 9.59 Å². The Kier molecular flexibility index (Phi) is 6.17. The van der Waals surface area contributed by atoms with Crippen LogP contribution in [-0.4, -0.2) is 18.9 Å². The first-order valence-electron chi connectivity index (χ1n) is 8.34. The van der Waals surface area contributed by atoms with Crippen molar-refractivity contribution in [1.29, 1.82) is 0 Å². The van der Waals surface area contributed by atoms with Crippen molar-refractivity contribution in [2.45, 2.75) is 20.8 Å². The number of hydrogen-bond donors (Lipinski definition) is 2. The molecule has 0 spiro atoms. The number of carbonyl (C=O) groups is 2. The van der Waals surface area contributed by atoms with Gasteiger partial charge in [-0.2, -0.15) is 0 Å². The number of amides is 2. The molecule has 2 amide bonds. The molecule has 0 heterocycles. The summed E-state index contributed by atoms with van der Waals surface area (Å²) in [7, 11) is 1.53. The fourth-order valence-electron chi connectivity index (χ4n) is 2.12. The lowest BCUT2D eigenvalue weighted by atomic mass is 9.95. The van der Waals surface area contributed by atoms with Crippen molar-refractivity contribution in [3.63, 3.8) is 0 Å². The summed E-state index contributed by atoms with van der Waals surface area (Å²) < 4.78 is 5.26. The second-order valence-electron chi connectivity index (χ2n) is 6.83. The van der Waals surface area contributed by atoms with Crippen LogP contribution in [0, 0.1) is 5.41 Å². The van der Waals surface area contributed by atoms with E-state index in [9.17, 15) is 9.59 Å². The summed E-state index contributed by atoms with van der Waals surface area (Å²) in [6, 6.07) is 16.5. The van der Waals surface area contributed by atoms with E-state index in [0.717, 1.165) is 5.56 Å². The standard InChI is InChI=1S/C21H24N2O3/c1-21(2,3)20(25)23-17(14-15-10-6-5-7-11-15)19(24)22-16-12-8-9-13-18(16)26-4/h5-14H,1-4H3,(H,22,24)(H,23,25)/b17-14+. The largest absolute Gasteiger partial charge is 0.495 e. The third-order valence-corrected chi connectivity index (χ3v) is 3.64. The zero-order valence-corrected chi connectivity index (χ0v) is 15.5. The summed E-state index contributed by atoms with van der Waals surface area (Å²) in [6.07, 6.45) is 1.65. The smallest absolute Gasteiger partial charge is 0.272 e. The highest BCUT2D eigenvalue weighted by Gasteiger charge is 2.24. The molecule has 136 valence electrons. The molecule has 0 aliphatic heterocycles. The molecule has 0 saturated heterocycles. The lowest BCUT2D eigenvalue weighted by molar-refractivity contribution is -0.128. The van der Waals surface area contributed by atoms with Crippen LogP contribution in [0.2, 0.25) is 0 Å². The van der Waals surface area contributed by atoms with Crippen molar-refractivity contribution in [3.8, 4) is 5.75 Å². The van der Waals surface area contributed by atoms with Crippen molar-refractivity contribution in [1.82, 2.24) is 5.32 Å². The average Bonchev–Trinajstić information content (AvgIpc) is 2.61. The van der Waals surface area contributed by atoms with E-state index in [1.54, 1.807) is 45.0 Å². The first-order valence-corrected chi connectivity index (χ1v) is 8.34. The Bertz CT molecular complexity index is 806. The maximum atomic E-state index is 12.8. The predicted octanol–water partition coefficient (Wildman–Crippen LogP) is 3.84. The number of ether oxygens (including phenoxy) is 1. The molecule has 0 saturated carbocycles. The third kappa shape index (κ3) is 5.21. The van der Waals surface area contributed by atoms with Gasteiger partial charge in [-0.05, 0) is 23.8 Å². The Hall–Kier alpha value is -3.08. The molecular formula is C21H24N2O3. The molecule has 2 aromatic rings. The molecule has 2 N–H and O–H groups in total. The van der Waals surface area contributed by atoms with Gasteiger partial charge in [-0.3, -0.25) is 9.59 Å². The number of rotatable bonds is 5. The van der Waals surface area contributed by atoms with Gasteiger partial charge in [-0.1, -0.05) is 63.2 Å². The molecule has 0 bridgehead atoms. The summed E-state index contributed by atoms with van der Waals surface area (Å²) in [5.74, 6) is -0.118. The van der Waals surface area contributed by atoms with Crippen LogP contribution in [0.1, 0.15) is 26.3 Å². The number of methoxy groups -OCH3 is 1. The number of hydrogen-bond acceptors (Lipinski definition) is 3. The minimum Gasteiger partial charge on any atom is -0.495 e. The van der Waals surface area contributed by atoms with E-state index in [0.29, 0.717) is 11.4 Å². The first-order chi connectivity index (χ1) is 12.3. The van der Waals surface area contributed by atoms with Crippen molar-refractivity contribution in [2.24, 2.45) is 5.41 Å². The molecule has 0 atom stereocenters. The van der Waals surface area contributed by atoms with Gasteiger partial charge in [-0.15, -0.1) is 0 Å². The number of carbonyl (C=O) groups excluding carboxylic acids is 2. The minimum atomic E-state index is -0.625. The monoisotopic (exact) mass is 352 g/mol. The Morgan fingerprint density at radius 1 is 0.962 bits per heavy atom. The zero-order valence-electron chi connectivity index (χ0n) is 15.5. The Labute approximate surface area is 154 Å². The zero-order chi connectivity index (χ0) is 19.2. The van der Waals surface area contributed by atoms with Gasteiger partial charge in [0.25, 0.3) is 5.91 Å². The minimum absolute atomic E-state index is 0.169. The Balaban J connectivity index is 2.32. The van der Waals surface area contributed by atoms with Gasteiger partial charge in [0.2, 0.25) is 5.91 Å². The summed E-state index contributed by atoms with van der Waals surface area (Å²) in [4.78, 5) is 25.2. The Morgan fingerprint density at radius 3 is 2.19 bits per heavy atom. The molecule has 5 nitrogen and oxygen atoms in total. The molecule has 2 aromatic carbocycles. The van der Waals surface area contributed by atoms with Crippen molar-refractivity contribution >= 4 is 23.6 Å². The van der Waals surface area contributed by atoms with Crippen molar-refractivity contribution in [3.05, 3.63) is 65.9 Å². The highest BCUT2D eigenvalue weighted by molar-refractivity contribution is 6.09. The number of anilines is 1. The van der Waals surface area contributed by atoms with E-state index in [4.69, 9.17) is 4.74 Å². The fraction of sp³-hybridized carbons (Fsp3) is 0.238. The van der Waals surface area contributed by atoms with Gasteiger partial charge in [-0.25, -0.2) is 0 Å². The lowest BCUT2D eigenvalue weighted by Crippen LogP contribution is -2.38. The number of nitrogens with one attached hydrogen (secondary N) is 2. The van der Waals surface area contributed by atoms with Crippen LogP contribution in [0.4, 0.5) is 5.69 Å². The number of benzene rings is 2. The molecule has 0 radical (unpaired) electrons. The topological polar surface area (TPSA) is 67.4 Å². The van der Waals surface area contributed by atoms with Crippen LogP contribution in [0.5, 0.6) is 5.75 Å². The molecule has 0 aromatic heterocycles. The molecule has 26 heavy (non-hydrogen) atoms. The molecule has 0 aliphatic rings. The lowest BCUT2D eigenvalue weighted by Gasteiger charge is -2.19. The molecule has 0 aliphatic carbocycles. The van der Waals surface area contributed by atoms with E-state index in [2.05, 4.69) is 10.6 Å². The van der Waals surface area contributed by atoms with Gasteiger partial charge < -0.3 is 15.4 Å². The van der Waals surface area contributed by atoms with Gasteiger partial charge >= 0.3 is 0 Å². The second kappa shape index (κ2) is 8.34. The second-order valence-corrected chi connectivity index (χ2v) is 6.83. The van der Waals surface area contributed by atoms with Crippen LogP contribution >= 0.6 is 0 Å². The van der Waals surface area contributed by atoms with E-state index in [-0.39, 0.29) is 11.6 Å². The quantitative estimate of drug-likeness (QED) is 0.804. The molecule has 0 fully saturated rings. The summed E-state index contributed by atoms with van der Waals surface area (Å²) in [5.41, 5.74) is 0.887. The van der Waals surface area contributed by atoms with Gasteiger partial charge in [0.1, 0.15) is 11.4 Å². The summed E-state index contributed by atoms with van der Waals surface area (Å²) >= 11 is 0. The molecule has 5 heteroatoms. The maximum Gasteiger partial charge on any atom is 0.272 e. The third-order valence-electron chi connectivity index (χ3n) is 3.64. The predicted molar refractivity (Wildman–Crippen MR) is 104 cm³/mol. The highest BCUT2D eigenvalue weighted by Crippen LogP contribution is 2.24. The van der Waals surface area contributed by atoms with Gasteiger partial charge in [0, 0.05) is 5.41 Å². The van der Waals surface area contributed by atoms with Crippen LogP contribution in [0.3, 0.4) is 0 Å². The highest BCUT2D eigenvalue weighted by atomic mass is 16.5. The number of para-hydroxylation sites is 2. The van der Waals surface area contributed by atoms with Crippen molar-refractivity contribution in [2.75, 3.05) is 12.4 Å². The molecular weight excluding hydrogens is 328 g/mol. The van der Waals surface area contributed by atoms with Crippen LogP contribution in [0.15, 0.2) is 60.3 Å². The van der Waals surface area contributed by atoms with Crippen LogP contribution in [0.25, 0.3) is 6.08 Å². The first kappa shape index (κ1) is 19.2. The maximum absolute atomic E-state index is 12.8. The van der Waals surface area contributed by atoms with E-state index in [1.807, 2.05) is 36.4 Å². The van der Waals surface area contributed by atoms with E-state index >= 15 is 0 Å².